The monoisotopic (exact) mass is 167 g/mol. The van der Waals surface area contributed by atoms with E-state index < -0.39 is 0 Å². The number of hydrogen-bond acceptors (Lipinski definition) is 2. The van der Waals surface area contributed by atoms with Gasteiger partial charge < -0.3 is 0 Å². The molecule has 0 aromatic rings. The first kappa shape index (κ1) is 4.94. The van der Waals surface area contributed by atoms with Gasteiger partial charge in [0, 0.05) is 17.1 Å². The van der Waals surface area contributed by atoms with Gasteiger partial charge in [0.05, 0.1) is 0 Å². The maximum atomic E-state index is 3.45. The quantitative estimate of drug-likeness (QED) is 0.427. The van der Waals surface area contributed by atoms with Gasteiger partial charge in [0.2, 0.25) is 0 Å². The molecule has 0 aromatic carbocycles. The molecule has 1 rings (SSSR count). The van der Waals surface area contributed by atoms with Crippen molar-refractivity contribution in [2.75, 3.05) is 12.3 Å². The van der Waals surface area contributed by atoms with E-state index in [9.17, 15) is 0 Å². The topological polar surface area (TPSA) is 12.0 Å². The van der Waals surface area contributed by atoms with Crippen molar-refractivity contribution >= 4 is 27.9 Å². The summed E-state index contributed by atoms with van der Waals surface area (Å²) in [5, 5.41) is 0. The van der Waals surface area contributed by atoms with Crippen LogP contribution in [0.1, 0.15) is 0 Å². The molecule has 6 heavy (non-hydrogen) atoms. The summed E-state index contributed by atoms with van der Waals surface area (Å²) in [6.45, 7) is 1.12. The van der Waals surface area contributed by atoms with E-state index in [-0.39, 0.29) is 0 Å². The lowest BCUT2D eigenvalue weighted by Gasteiger charge is -1.86. The van der Waals surface area contributed by atoms with Crippen molar-refractivity contribution in [2.45, 2.75) is 4.83 Å². The highest BCUT2D eigenvalue weighted by atomic mass is 79.9. The smallest absolute Gasteiger partial charge is 0.0383 e. The Morgan fingerprint density at radius 2 is 2.67 bits per heavy atom. The van der Waals surface area contributed by atoms with Crippen molar-refractivity contribution < 1.29 is 0 Å². The molecule has 1 fully saturated rings. The third-order valence-corrected chi connectivity index (χ3v) is 2.69. The summed E-state index contributed by atoms with van der Waals surface area (Å²) in [4.78, 5) is 0.711. The molecule has 1 nitrogen and oxygen atoms in total. The van der Waals surface area contributed by atoms with Gasteiger partial charge in [0.25, 0.3) is 0 Å². The first-order chi connectivity index (χ1) is 2.89. The lowest BCUT2D eigenvalue weighted by atomic mass is 10.5. The summed E-state index contributed by atoms with van der Waals surface area (Å²) in [6.07, 6.45) is 0. The van der Waals surface area contributed by atoms with Gasteiger partial charge in [-0.05, 0) is 0 Å². The van der Waals surface area contributed by atoms with Crippen LogP contribution in [0, 0.1) is 0 Å². The van der Waals surface area contributed by atoms with Crippen LogP contribution in [0.25, 0.3) is 0 Å². The average Bonchev–Trinajstić information content (AvgIpc) is 1.86. The molecule has 1 saturated heterocycles. The van der Waals surface area contributed by atoms with Crippen LogP contribution in [-0.2, 0) is 0 Å². The number of halogens is 1. The Hall–Kier alpha value is 0.790. The molecule has 1 aliphatic rings. The van der Waals surface area contributed by atoms with Gasteiger partial charge in [-0.15, -0.1) is 0 Å². The molecule has 1 unspecified atom stereocenters. The predicted octanol–water partition coefficient (Wildman–Crippen LogP) is 1.00. The summed E-state index contributed by atoms with van der Waals surface area (Å²) in [7, 11) is 0. The Morgan fingerprint density at radius 3 is 2.83 bits per heavy atom. The Bertz CT molecular complexity index is 44.1. The largest absolute Gasteiger partial charge is 0.263 e. The second kappa shape index (κ2) is 2.19. The molecule has 0 aromatic heterocycles. The summed E-state index contributed by atoms with van der Waals surface area (Å²) in [5.74, 6) is 1.21. The van der Waals surface area contributed by atoms with Crippen LogP contribution in [0.15, 0.2) is 0 Å². The molecule has 0 spiro atoms. The highest BCUT2D eigenvalue weighted by Crippen LogP contribution is 2.12. The van der Waals surface area contributed by atoms with Gasteiger partial charge in [-0.3, -0.25) is 4.72 Å². The van der Waals surface area contributed by atoms with Crippen LogP contribution in [-0.4, -0.2) is 17.1 Å². The van der Waals surface area contributed by atoms with Crippen LogP contribution in [0.5, 0.6) is 0 Å². The highest BCUT2D eigenvalue weighted by molar-refractivity contribution is 9.09. The molecule has 0 saturated carbocycles. The zero-order valence-corrected chi connectivity index (χ0v) is 5.68. The number of nitrogens with one attached hydrogen (secondary N) is 1. The molecule has 3 heteroatoms. The Labute approximate surface area is 50.1 Å². The van der Waals surface area contributed by atoms with Gasteiger partial charge in [-0.2, -0.15) is 0 Å². The first-order valence-electron chi connectivity index (χ1n) is 1.88. The van der Waals surface area contributed by atoms with Crippen LogP contribution in [0.2, 0.25) is 0 Å². The van der Waals surface area contributed by atoms with Crippen molar-refractivity contribution in [2.24, 2.45) is 0 Å². The van der Waals surface area contributed by atoms with Crippen LogP contribution in [0.4, 0.5) is 0 Å². The molecule has 0 bridgehead atoms. The first-order valence-corrected chi connectivity index (χ1v) is 3.78. The minimum absolute atomic E-state index is 0.711. The number of rotatable bonds is 0. The maximum absolute atomic E-state index is 3.45. The van der Waals surface area contributed by atoms with E-state index in [1.165, 1.54) is 5.75 Å². The minimum Gasteiger partial charge on any atom is -0.263 e. The molecule has 36 valence electrons. The molecule has 1 N–H and O–H groups in total. The normalized spacial score (nSPS) is 34.5. The molecule has 0 amide bonds. The van der Waals surface area contributed by atoms with E-state index >= 15 is 0 Å². The minimum atomic E-state index is 0.711. The highest BCUT2D eigenvalue weighted by Gasteiger charge is 2.09. The zero-order chi connectivity index (χ0) is 4.41. The van der Waals surface area contributed by atoms with Crippen molar-refractivity contribution in [1.29, 1.82) is 0 Å². The second-order valence-electron chi connectivity index (χ2n) is 1.26. The zero-order valence-electron chi connectivity index (χ0n) is 3.28. The molecule has 1 aliphatic heterocycles. The van der Waals surface area contributed by atoms with Crippen LogP contribution in [0.3, 0.4) is 0 Å². The van der Waals surface area contributed by atoms with E-state index in [2.05, 4.69) is 20.7 Å². The third-order valence-electron chi connectivity index (χ3n) is 0.671. The van der Waals surface area contributed by atoms with E-state index in [1.807, 2.05) is 0 Å². The second-order valence-corrected chi connectivity index (χ2v) is 3.46. The van der Waals surface area contributed by atoms with Crippen molar-refractivity contribution in [3.05, 3.63) is 0 Å². The third kappa shape index (κ3) is 1.13. The van der Waals surface area contributed by atoms with Crippen molar-refractivity contribution in [3.8, 4) is 0 Å². The fourth-order valence-corrected chi connectivity index (χ4v) is 1.87. The van der Waals surface area contributed by atoms with Gasteiger partial charge in [-0.25, -0.2) is 0 Å². The van der Waals surface area contributed by atoms with E-state index in [0.29, 0.717) is 4.83 Å². The molecular formula is C3H6BrNS. The summed E-state index contributed by atoms with van der Waals surface area (Å²) in [5.41, 5.74) is 0. The van der Waals surface area contributed by atoms with Crippen molar-refractivity contribution in [3.63, 3.8) is 0 Å². The number of hydrogen-bond donors (Lipinski definition) is 1. The standard InChI is InChI=1S/C3H6BrNS/c4-3-1-5-6-2-3/h3,5H,1-2H2. The lowest BCUT2D eigenvalue weighted by molar-refractivity contribution is 0.971. The Kier molecular flexibility index (Phi) is 1.80. The van der Waals surface area contributed by atoms with E-state index in [0.717, 1.165) is 6.54 Å². The summed E-state index contributed by atoms with van der Waals surface area (Å²) < 4.78 is 3.14. The molecule has 1 atom stereocenters. The van der Waals surface area contributed by atoms with Gasteiger partial charge in [-0.1, -0.05) is 27.9 Å². The number of alkyl halides is 1. The molecule has 0 radical (unpaired) electrons. The van der Waals surface area contributed by atoms with Gasteiger partial charge in [0.15, 0.2) is 0 Å². The van der Waals surface area contributed by atoms with Crippen LogP contribution >= 0.6 is 27.9 Å². The Balaban J connectivity index is 2.18. The predicted molar refractivity (Wildman–Crippen MR) is 33.2 cm³/mol. The van der Waals surface area contributed by atoms with E-state index in [4.69, 9.17) is 0 Å². The van der Waals surface area contributed by atoms with E-state index in [1.54, 1.807) is 11.9 Å². The van der Waals surface area contributed by atoms with Crippen LogP contribution < -0.4 is 4.72 Å². The lowest BCUT2D eigenvalue weighted by Crippen LogP contribution is -2.04. The maximum Gasteiger partial charge on any atom is 0.0383 e. The summed E-state index contributed by atoms with van der Waals surface area (Å²) >= 11 is 5.24. The average molecular weight is 168 g/mol. The SMILES string of the molecule is BrC1CNSC1. The van der Waals surface area contributed by atoms with Gasteiger partial charge >= 0.3 is 0 Å². The Morgan fingerprint density at radius 1 is 1.83 bits per heavy atom. The van der Waals surface area contributed by atoms with Gasteiger partial charge in [0.1, 0.15) is 0 Å². The molecule has 1 heterocycles. The molecule has 0 aliphatic carbocycles. The molecular weight excluding hydrogens is 162 g/mol. The fraction of sp³-hybridized carbons (Fsp3) is 1.00. The van der Waals surface area contributed by atoms with Crippen molar-refractivity contribution in [1.82, 2.24) is 4.72 Å². The summed E-state index contributed by atoms with van der Waals surface area (Å²) in [6, 6.07) is 0. The fourth-order valence-electron chi connectivity index (χ4n) is 0.358.